The fourth-order valence-corrected chi connectivity index (χ4v) is 2.44. The van der Waals surface area contributed by atoms with Gasteiger partial charge < -0.3 is 10.0 Å². The van der Waals surface area contributed by atoms with Crippen molar-refractivity contribution in [1.29, 1.82) is 0 Å². The predicted molar refractivity (Wildman–Crippen MR) is 75.4 cm³/mol. The van der Waals surface area contributed by atoms with E-state index < -0.39 is 5.97 Å². The second-order valence-electron chi connectivity index (χ2n) is 5.01. The normalized spacial score (nSPS) is 17.3. The lowest BCUT2D eigenvalue weighted by Gasteiger charge is -2.34. The quantitative estimate of drug-likeness (QED) is 0.904. The summed E-state index contributed by atoms with van der Waals surface area (Å²) in [4.78, 5) is 14.9. The van der Waals surface area contributed by atoms with Gasteiger partial charge in [0.25, 0.3) is 0 Å². The first-order valence-corrected chi connectivity index (χ1v) is 7.03. The van der Waals surface area contributed by atoms with E-state index in [1.807, 2.05) is 6.07 Å². The Morgan fingerprint density at radius 2 is 1.90 bits per heavy atom. The predicted octanol–water partition coefficient (Wildman–Crippen LogP) is 2.07. The molecule has 110 valence electrons. The molecule has 6 heteroatoms. The summed E-state index contributed by atoms with van der Waals surface area (Å²) in [7, 11) is 0. The van der Waals surface area contributed by atoms with Crippen LogP contribution in [0.3, 0.4) is 0 Å². The number of carboxylic acids is 1. The average Bonchev–Trinajstić information content (AvgIpc) is 2.42. The second kappa shape index (κ2) is 7.02. The summed E-state index contributed by atoms with van der Waals surface area (Å²) in [6.45, 7) is 4.72. The molecule has 0 atom stereocenters. The summed E-state index contributed by atoms with van der Waals surface area (Å²) >= 11 is 5.66. The van der Waals surface area contributed by atoms with Crippen LogP contribution in [0.15, 0.2) is 18.2 Å². The van der Waals surface area contributed by atoms with Crippen LogP contribution in [-0.4, -0.2) is 53.6 Å². The molecule has 0 aliphatic carbocycles. The summed E-state index contributed by atoms with van der Waals surface area (Å²) in [5.74, 6) is -1.15. The van der Waals surface area contributed by atoms with Crippen LogP contribution in [0.4, 0.5) is 4.39 Å². The fourth-order valence-electron chi connectivity index (χ4n) is 2.32. The van der Waals surface area contributed by atoms with Crippen LogP contribution in [0.2, 0.25) is 5.02 Å². The minimum absolute atomic E-state index is 0.146. The molecule has 1 aliphatic heterocycles. The van der Waals surface area contributed by atoms with Crippen molar-refractivity contribution in [2.45, 2.75) is 13.0 Å². The van der Waals surface area contributed by atoms with Crippen molar-refractivity contribution in [2.24, 2.45) is 0 Å². The number of piperazine rings is 1. The van der Waals surface area contributed by atoms with E-state index in [4.69, 9.17) is 16.7 Å². The number of carboxylic acid groups (broad SMARTS) is 1. The molecule has 0 amide bonds. The van der Waals surface area contributed by atoms with E-state index in [-0.39, 0.29) is 17.3 Å². The van der Waals surface area contributed by atoms with Crippen LogP contribution in [0.1, 0.15) is 12.0 Å². The van der Waals surface area contributed by atoms with Crippen LogP contribution in [0.25, 0.3) is 0 Å². The number of nitrogens with zero attached hydrogens (tertiary/aromatic N) is 2. The zero-order valence-electron chi connectivity index (χ0n) is 11.2. The van der Waals surface area contributed by atoms with Crippen molar-refractivity contribution in [3.8, 4) is 0 Å². The Kier molecular flexibility index (Phi) is 5.34. The number of halogens is 2. The van der Waals surface area contributed by atoms with Gasteiger partial charge >= 0.3 is 5.97 Å². The molecule has 1 heterocycles. The van der Waals surface area contributed by atoms with E-state index in [0.717, 1.165) is 31.7 Å². The number of benzene rings is 1. The summed E-state index contributed by atoms with van der Waals surface area (Å²) in [5, 5.41) is 8.80. The fraction of sp³-hybridized carbons (Fsp3) is 0.500. The van der Waals surface area contributed by atoms with Gasteiger partial charge in [0.2, 0.25) is 0 Å². The van der Waals surface area contributed by atoms with Gasteiger partial charge in [-0.05, 0) is 17.7 Å². The van der Waals surface area contributed by atoms with E-state index in [0.29, 0.717) is 13.1 Å². The lowest BCUT2D eigenvalue weighted by molar-refractivity contribution is -0.137. The van der Waals surface area contributed by atoms with Crippen molar-refractivity contribution < 1.29 is 14.3 Å². The molecule has 0 unspecified atom stereocenters. The number of hydrogen-bond acceptors (Lipinski definition) is 3. The Balaban J connectivity index is 1.79. The van der Waals surface area contributed by atoms with Crippen molar-refractivity contribution in [3.63, 3.8) is 0 Å². The van der Waals surface area contributed by atoms with E-state index in [1.165, 1.54) is 6.07 Å². The summed E-state index contributed by atoms with van der Waals surface area (Å²) in [6.07, 6.45) is 0.183. The first-order chi connectivity index (χ1) is 9.54. The third-order valence-electron chi connectivity index (χ3n) is 3.50. The third-order valence-corrected chi connectivity index (χ3v) is 3.80. The van der Waals surface area contributed by atoms with Crippen molar-refractivity contribution in [1.82, 2.24) is 9.80 Å². The zero-order valence-corrected chi connectivity index (χ0v) is 11.9. The maximum atomic E-state index is 13.4. The van der Waals surface area contributed by atoms with E-state index in [1.54, 1.807) is 6.07 Å². The maximum Gasteiger partial charge on any atom is 0.304 e. The van der Waals surface area contributed by atoms with Gasteiger partial charge in [-0.25, -0.2) is 4.39 Å². The third kappa shape index (κ3) is 4.44. The molecule has 0 aromatic heterocycles. The molecule has 1 aromatic carbocycles. The number of hydrogen-bond donors (Lipinski definition) is 1. The van der Waals surface area contributed by atoms with Gasteiger partial charge in [-0.15, -0.1) is 0 Å². The van der Waals surface area contributed by atoms with Crippen LogP contribution in [-0.2, 0) is 11.3 Å². The Morgan fingerprint density at radius 1 is 1.25 bits per heavy atom. The molecule has 0 spiro atoms. The molecular weight excluding hydrogens is 283 g/mol. The van der Waals surface area contributed by atoms with Crippen LogP contribution in [0, 0.1) is 5.82 Å². The molecule has 2 rings (SSSR count). The molecule has 1 saturated heterocycles. The first-order valence-electron chi connectivity index (χ1n) is 6.65. The Hall–Kier alpha value is -1.17. The number of rotatable bonds is 5. The molecule has 4 nitrogen and oxygen atoms in total. The summed E-state index contributed by atoms with van der Waals surface area (Å²) in [6, 6.07) is 4.89. The Morgan fingerprint density at radius 3 is 2.50 bits per heavy atom. The van der Waals surface area contributed by atoms with E-state index in [9.17, 15) is 9.18 Å². The molecule has 0 radical (unpaired) electrons. The summed E-state index contributed by atoms with van der Waals surface area (Å²) in [5.41, 5.74) is 0.908. The Labute approximate surface area is 122 Å². The zero-order chi connectivity index (χ0) is 14.5. The van der Waals surface area contributed by atoms with Gasteiger partial charge in [-0.2, -0.15) is 0 Å². The van der Waals surface area contributed by atoms with E-state index in [2.05, 4.69) is 9.80 Å². The second-order valence-corrected chi connectivity index (χ2v) is 5.42. The minimum atomic E-state index is -0.760. The van der Waals surface area contributed by atoms with Gasteiger partial charge in [0.1, 0.15) is 5.82 Å². The topological polar surface area (TPSA) is 43.8 Å². The SMILES string of the molecule is O=C(O)CCN1CCN(Cc2ccc(Cl)c(F)c2)CC1. The van der Waals surface area contributed by atoms with Gasteiger partial charge in [0, 0.05) is 39.3 Å². The lowest BCUT2D eigenvalue weighted by atomic mass is 10.2. The smallest absolute Gasteiger partial charge is 0.304 e. The highest BCUT2D eigenvalue weighted by molar-refractivity contribution is 6.30. The maximum absolute atomic E-state index is 13.4. The van der Waals surface area contributed by atoms with Crippen molar-refractivity contribution in [2.75, 3.05) is 32.7 Å². The first kappa shape index (κ1) is 15.2. The molecule has 1 aromatic rings. The van der Waals surface area contributed by atoms with Crippen LogP contribution < -0.4 is 0 Å². The van der Waals surface area contributed by atoms with Crippen molar-refractivity contribution >= 4 is 17.6 Å². The number of aliphatic carboxylic acids is 1. The molecule has 1 N–H and O–H groups in total. The van der Waals surface area contributed by atoms with Gasteiger partial charge in [-0.1, -0.05) is 17.7 Å². The standard InChI is InChI=1S/C14H18ClFN2O2/c15-12-2-1-11(9-13(12)16)10-18-7-5-17(6-8-18)4-3-14(19)20/h1-2,9H,3-8,10H2,(H,19,20). The molecule has 1 aliphatic rings. The molecule has 1 fully saturated rings. The average molecular weight is 301 g/mol. The largest absolute Gasteiger partial charge is 0.481 e. The molecular formula is C14H18ClFN2O2. The van der Waals surface area contributed by atoms with Gasteiger partial charge in [0.15, 0.2) is 0 Å². The van der Waals surface area contributed by atoms with E-state index >= 15 is 0 Å². The monoisotopic (exact) mass is 300 g/mol. The lowest BCUT2D eigenvalue weighted by Crippen LogP contribution is -2.46. The van der Waals surface area contributed by atoms with Gasteiger partial charge in [0.05, 0.1) is 11.4 Å². The Bertz CT molecular complexity index is 476. The highest BCUT2D eigenvalue weighted by Crippen LogP contribution is 2.17. The van der Waals surface area contributed by atoms with Crippen molar-refractivity contribution in [3.05, 3.63) is 34.6 Å². The van der Waals surface area contributed by atoms with Crippen LogP contribution >= 0.6 is 11.6 Å². The van der Waals surface area contributed by atoms with Gasteiger partial charge in [-0.3, -0.25) is 9.69 Å². The molecule has 0 saturated carbocycles. The minimum Gasteiger partial charge on any atom is -0.481 e. The highest BCUT2D eigenvalue weighted by Gasteiger charge is 2.17. The number of carbonyl (C=O) groups is 1. The highest BCUT2D eigenvalue weighted by atomic mass is 35.5. The van der Waals surface area contributed by atoms with Crippen LogP contribution in [0.5, 0.6) is 0 Å². The molecule has 0 bridgehead atoms. The molecule has 20 heavy (non-hydrogen) atoms. The summed E-state index contributed by atoms with van der Waals surface area (Å²) < 4.78 is 13.4.